The first-order chi connectivity index (χ1) is 12.3. The molecule has 126 valence electrons. The lowest BCUT2D eigenvalue weighted by molar-refractivity contribution is 0.0947. The van der Waals surface area contributed by atoms with E-state index in [1.54, 1.807) is 42.7 Å². The third-order valence-corrected chi connectivity index (χ3v) is 4.09. The van der Waals surface area contributed by atoms with Gasteiger partial charge in [0.2, 0.25) is 0 Å². The van der Waals surface area contributed by atoms with Crippen molar-refractivity contribution in [2.75, 3.05) is 0 Å². The number of carbonyl (C=O) groups is 1. The first kappa shape index (κ1) is 15.3. The van der Waals surface area contributed by atoms with Crippen LogP contribution in [0.25, 0.3) is 0 Å². The van der Waals surface area contributed by atoms with Gasteiger partial charge in [0.05, 0.1) is 18.3 Å². The SMILES string of the molecule is O=C(NCc1nnc2n1CCC2)c1ccccc1Oc1cccnc1. The van der Waals surface area contributed by atoms with Gasteiger partial charge in [-0.1, -0.05) is 12.1 Å². The number of nitrogens with one attached hydrogen (secondary N) is 1. The van der Waals surface area contributed by atoms with E-state index in [1.165, 1.54) is 0 Å². The molecular weight excluding hydrogens is 318 g/mol. The van der Waals surface area contributed by atoms with Crippen LogP contribution in [0, 0.1) is 0 Å². The number of para-hydroxylation sites is 1. The van der Waals surface area contributed by atoms with Crippen LogP contribution in [0.3, 0.4) is 0 Å². The second-order valence-corrected chi connectivity index (χ2v) is 5.76. The zero-order valence-corrected chi connectivity index (χ0v) is 13.6. The molecule has 0 bridgehead atoms. The molecule has 0 atom stereocenters. The lowest BCUT2D eigenvalue weighted by Gasteiger charge is -2.11. The van der Waals surface area contributed by atoms with Crippen LogP contribution in [0.15, 0.2) is 48.8 Å². The molecule has 0 saturated carbocycles. The molecular formula is C18H17N5O2. The molecule has 4 rings (SSSR count). The van der Waals surface area contributed by atoms with Crippen molar-refractivity contribution in [3.8, 4) is 11.5 Å². The Balaban J connectivity index is 1.48. The van der Waals surface area contributed by atoms with Crippen LogP contribution in [0.5, 0.6) is 11.5 Å². The Hall–Kier alpha value is -3.22. The van der Waals surface area contributed by atoms with Gasteiger partial charge in [0.15, 0.2) is 5.82 Å². The molecule has 1 amide bonds. The molecule has 0 fully saturated rings. The molecule has 0 aliphatic carbocycles. The molecule has 3 heterocycles. The largest absolute Gasteiger partial charge is 0.455 e. The highest BCUT2D eigenvalue weighted by Crippen LogP contribution is 2.24. The van der Waals surface area contributed by atoms with Gasteiger partial charge >= 0.3 is 0 Å². The number of rotatable bonds is 5. The number of hydrogen-bond acceptors (Lipinski definition) is 5. The maximum Gasteiger partial charge on any atom is 0.255 e. The molecule has 0 saturated heterocycles. The van der Waals surface area contributed by atoms with E-state index < -0.39 is 0 Å². The minimum atomic E-state index is -0.213. The second-order valence-electron chi connectivity index (χ2n) is 5.76. The van der Waals surface area contributed by atoms with Crippen molar-refractivity contribution in [3.63, 3.8) is 0 Å². The molecule has 1 aliphatic heterocycles. The van der Waals surface area contributed by atoms with Gasteiger partial charge in [-0.05, 0) is 30.7 Å². The summed E-state index contributed by atoms with van der Waals surface area (Å²) in [6, 6.07) is 10.7. The van der Waals surface area contributed by atoms with E-state index >= 15 is 0 Å². The van der Waals surface area contributed by atoms with E-state index in [2.05, 4.69) is 25.1 Å². The van der Waals surface area contributed by atoms with Crippen LogP contribution in [0.2, 0.25) is 0 Å². The molecule has 1 aromatic carbocycles. The lowest BCUT2D eigenvalue weighted by Crippen LogP contribution is -2.25. The number of aryl methyl sites for hydroxylation is 1. The normalized spacial score (nSPS) is 12.6. The number of pyridine rings is 1. The number of amides is 1. The van der Waals surface area contributed by atoms with Gasteiger partial charge in [-0.2, -0.15) is 0 Å². The molecule has 25 heavy (non-hydrogen) atoms. The van der Waals surface area contributed by atoms with E-state index in [0.717, 1.165) is 31.0 Å². The van der Waals surface area contributed by atoms with Crippen molar-refractivity contribution < 1.29 is 9.53 Å². The molecule has 0 radical (unpaired) electrons. The average molecular weight is 335 g/mol. The Labute approximate surface area is 144 Å². The summed E-state index contributed by atoms with van der Waals surface area (Å²) in [6.45, 7) is 1.25. The quantitative estimate of drug-likeness (QED) is 0.774. The van der Waals surface area contributed by atoms with Crippen LogP contribution in [0.1, 0.15) is 28.4 Å². The zero-order chi connectivity index (χ0) is 17.1. The van der Waals surface area contributed by atoms with Gasteiger partial charge < -0.3 is 14.6 Å². The van der Waals surface area contributed by atoms with Crippen molar-refractivity contribution in [2.45, 2.75) is 25.9 Å². The summed E-state index contributed by atoms with van der Waals surface area (Å²) in [7, 11) is 0. The van der Waals surface area contributed by atoms with Gasteiger partial charge in [0.1, 0.15) is 17.3 Å². The Morgan fingerprint density at radius 1 is 1.20 bits per heavy atom. The van der Waals surface area contributed by atoms with E-state index in [0.29, 0.717) is 23.6 Å². The highest BCUT2D eigenvalue weighted by Gasteiger charge is 2.18. The number of nitrogens with zero attached hydrogens (tertiary/aromatic N) is 4. The van der Waals surface area contributed by atoms with Crippen LogP contribution in [-0.4, -0.2) is 25.7 Å². The van der Waals surface area contributed by atoms with E-state index in [1.807, 2.05) is 6.07 Å². The van der Waals surface area contributed by atoms with E-state index in [-0.39, 0.29) is 5.91 Å². The van der Waals surface area contributed by atoms with Gasteiger partial charge in [0.25, 0.3) is 5.91 Å². The third kappa shape index (κ3) is 3.21. The number of ether oxygens (including phenoxy) is 1. The highest BCUT2D eigenvalue weighted by molar-refractivity contribution is 5.96. The molecule has 1 aliphatic rings. The summed E-state index contributed by atoms with van der Waals surface area (Å²) in [5.74, 6) is 2.63. The van der Waals surface area contributed by atoms with E-state index in [4.69, 9.17) is 4.74 Å². The first-order valence-corrected chi connectivity index (χ1v) is 8.17. The van der Waals surface area contributed by atoms with Gasteiger partial charge in [0, 0.05) is 19.2 Å². The predicted octanol–water partition coefficient (Wildman–Crippen LogP) is 2.34. The molecule has 0 spiro atoms. The summed E-state index contributed by atoms with van der Waals surface area (Å²) in [5, 5.41) is 11.2. The van der Waals surface area contributed by atoms with Crippen molar-refractivity contribution in [3.05, 3.63) is 66.0 Å². The second kappa shape index (κ2) is 6.72. The topological polar surface area (TPSA) is 81.9 Å². The summed E-state index contributed by atoms with van der Waals surface area (Å²) in [4.78, 5) is 16.6. The van der Waals surface area contributed by atoms with Gasteiger partial charge in [-0.25, -0.2) is 0 Å². The Bertz CT molecular complexity index is 891. The standard InChI is InChI=1S/C18H17N5O2/c24-18(20-12-17-22-21-16-8-4-10-23(16)17)14-6-1-2-7-15(14)25-13-5-3-9-19-11-13/h1-3,5-7,9,11H,4,8,10,12H2,(H,20,24). The number of fused-ring (bicyclic) bond motifs is 1. The number of carbonyl (C=O) groups excluding carboxylic acids is 1. The van der Waals surface area contributed by atoms with Crippen molar-refractivity contribution >= 4 is 5.91 Å². The minimum Gasteiger partial charge on any atom is -0.455 e. The summed E-state index contributed by atoms with van der Waals surface area (Å²) >= 11 is 0. The lowest BCUT2D eigenvalue weighted by atomic mass is 10.2. The summed E-state index contributed by atoms with van der Waals surface area (Å²) < 4.78 is 7.85. The average Bonchev–Trinajstić information content (AvgIpc) is 3.25. The molecule has 7 heteroatoms. The molecule has 2 aromatic heterocycles. The Kier molecular flexibility index (Phi) is 4.12. The zero-order valence-electron chi connectivity index (χ0n) is 13.6. The van der Waals surface area contributed by atoms with Gasteiger partial charge in [-0.15, -0.1) is 10.2 Å². The summed E-state index contributed by atoms with van der Waals surface area (Å²) in [6.07, 6.45) is 5.30. The van der Waals surface area contributed by atoms with Gasteiger partial charge in [-0.3, -0.25) is 9.78 Å². The van der Waals surface area contributed by atoms with Crippen molar-refractivity contribution in [1.82, 2.24) is 25.1 Å². The number of aromatic nitrogens is 4. The van der Waals surface area contributed by atoms with Crippen LogP contribution in [0.4, 0.5) is 0 Å². The molecule has 1 N–H and O–H groups in total. The van der Waals surface area contributed by atoms with Crippen LogP contribution >= 0.6 is 0 Å². The molecule has 7 nitrogen and oxygen atoms in total. The monoisotopic (exact) mass is 335 g/mol. The number of benzene rings is 1. The maximum absolute atomic E-state index is 12.6. The Morgan fingerprint density at radius 2 is 2.12 bits per heavy atom. The molecule has 3 aromatic rings. The van der Waals surface area contributed by atoms with Crippen molar-refractivity contribution in [2.24, 2.45) is 0 Å². The predicted molar refractivity (Wildman–Crippen MR) is 90.3 cm³/mol. The van der Waals surface area contributed by atoms with Crippen LogP contribution < -0.4 is 10.1 Å². The number of hydrogen-bond donors (Lipinski definition) is 1. The maximum atomic E-state index is 12.6. The van der Waals surface area contributed by atoms with Crippen molar-refractivity contribution in [1.29, 1.82) is 0 Å². The fourth-order valence-corrected chi connectivity index (χ4v) is 2.87. The smallest absolute Gasteiger partial charge is 0.255 e. The fourth-order valence-electron chi connectivity index (χ4n) is 2.87. The molecule has 0 unspecified atom stereocenters. The van der Waals surface area contributed by atoms with E-state index in [9.17, 15) is 4.79 Å². The highest BCUT2D eigenvalue weighted by atomic mass is 16.5. The third-order valence-electron chi connectivity index (χ3n) is 4.09. The Morgan fingerprint density at radius 3 is 3.00 bits per heavy atom. The summed E-state index contributed by atoms with van der Waals surface area (Å²) in [5.41, 5.74) is 0.465. The minimum absolute atomic E-state index is 0.213. The first-order valence-electron chi connectivity index (χ1n) is 8.17. The van der Waals surface area contributed by atoms with Crippen LogP contribution in [-0.2, 0) is 19.5 Å². The fraction of sp³-hybridized carbons (Fsp3) is 0.222.